The normalized spacial score (nSPS) is 23.2. The van der Waals surface area contributed by atoms with Crippen LogP contribution in [0.4, 0.5) is 5.95 Å². The Morgan fingerprint density at radius 3 is 2.53 bits per heavy atom. The molecular weight excluding hydrogens is 394 g/mol. The van der Waals surface area contributed by atoms with E-state index in [-0.39, 0.29) is 11.2 Å². The van der Waals surface area contributed by atoms with Gasteiger partial charge in [-0.15, -0.1) is 10.2 Å². The fraction of sp³-hybridized carbons (Fsp3) is 0.609. The molecule has 1 aliphatic carbocycles. The van der Waals surface area contributed by atoms with Crippen LogP contribution in [0.1, 0.15) is 58.8 Å². The second-order valence-electron chi connectivity index (χ2n) is 8.64. The van der Waals surface area contributed by atoms with Crippen LogP contribution in [0.25, 0.3) is 5.69 Å². The van der Waals surface area contributed by atoms with Gasteiger partial charge in [0.25, 0.3) is 0 Å². The van der Waals surface area contributed by atoms with Gasteiger partial charge in [0.15, 0.2) is 5.16 Å². The van der Waals surface area contributed by atoms with Crippen molar-refractivity contribution in [1.29, 1.82) is 0 Å². The summed E-state index contributed by atoms with van der Waals surface area (Å²) in [5, 5.41) is 12.9. The lowest BCUT2D eigenvalue weighted by atomic mass is 9.86. The third kappa shape index (κ3) is 4.82. The molecule has 1 saturated carbocycles. The highest BCUT2D eigenvalue weighted by Crippen LogP contribution is 2.31. The third-order valence-electron chi connectivity index (χ3n) is 6.36. The van der Waals surface area contributed by atoms with Crippen LogP contribution in [0.2, 0.25) is 0 Å². The van der Waals surface area contributed by atoms with Crippen molar-refractivity contribution < 1.29 is 4.79 Å². The Morgan fingerprint density at radius 2 is 1.80 bits per heavy atom. The van der Waals surface area contributed by atoms with Crippen molar-refractivity contribution in [3.05, 3.63) is 30.3 Å². The minimum Gasteiger partial charge on any atom is -0.352 e. The van der Waals surface area contributed by atoms with Crippen molar-refractivity contribution in [2.45, 2.75) is 75.2 Å². The van der Waals surface area contributed by atoms with E-state index in [1.807, 2.05) is 25.1 Å². The van der Waals surface area contributed by atoms with Gasteiger partial charge >= 0.3 is 0 Å². The maximum Gasteiger partial charge on any atom is 0.233 e. The number of carbonyl (C=O) groups is 1. The monoisotopic (exact) mass is 427 g/mol. The number of para-hydroxylation sites is 1. The second-order valence-corrected chi connectivity index (χ2v) is 9.95. The number of piperidine rings is 1. The molecule has 6 nitrogen and oxygen atoms in total. The van der Waals surface area contributed by atoms with E-state index in [2.05, 4.69) is 44.0 Å². The number of carbonyl (C=O) groups excluding carboxylic acids is 1. The first-order chi connectivity index (χ1) is 14.6. The average molecular weight is 428 g/mol. The van der Waals surface area contributed by atoms with Crippen LogP contribution in [0.5, 0.6) is 0 Å². The molecule has 4 rings (SSSR count). The number of anilines is 1. The van der Waals surface area contributed by atoms with E-state index in [9.17, 15) is 4.79 Å². The number of thioether (sulfide) groups is 1. The summed E-state index contributed by atoms with van der Waals surface area (Å²) in [5.41, 5.74) is 1.04. The van der Waals surface area contributed by atoms with Gasteiger partial charge in [-0.05, 0) is 57.1 Å². The molecule has 1 amide bonds. The predicted molar refractivity (Wildman–Crippen MR) is 122 cm³/mol. The van der Waals surface area contributed by atoms with Crippen LogP contribution >= 0.6 is 11.8 Å². The molecule has 2 aliphatic rings. The van der Waals surface area contributed by atoms with E-state index in [4.69, 9.17) is 0 Å². The molecule has 0 bridgehead atoms. The Balaban J connectivity index is 1.53. The van der Waals surface area contributed by atoms with Gasteiger partial charge in [0.05, 0.1) is 10.9 Å². The fourth-order valence-electron chi connectivity index (χ4n) is 4.48. The summed E-state index contributed by atoms with van der Waals surface area (Å²) < 4.78 is 2.11. The van der Waals surface area contributed by atoms with E-state index in [1.165, 1.54) is 50.3 Å². The third-order valence-corrected chi connectivity index (χ3v) is 7.40. The number of rotatable bonds is 6. The minimum absolute atomic E-state index is 0.0980. The molecule has 2 heterocycles. The molecule has 1 aromatic heterocycles. The lowest BCUT2D eigenvalue weighted by molar-refractivity contribution is -0.121. The topological polar surface area (TPSA) is 63.1 Å². The second kappa shape index (κ2) is 9.86. The van der Waals surface area contributed by atoms with E-state index >= 15 is 0 Å². The predicted octanol–water partition coefficient (Wildman–Crippen LogP) is 4.43. The molecule has 0 unspecified atom stereocenters. The zero-order chi connectivity index (χ0) is 20.9. The quantitative estimate of drug-likeness (QED) is 0.691. The van der Waals surface area contributed by atoms with Crippen molar-refractivity contribution in [2.75, 3.05) is 18.0 Å². The van der Waals surface area contributed by atoms with E-state index in [0.29, 0.717) is 12.0 Å². The largest absolute Gasteiger partial charge is 0.352 e. The van der Waals surface area contributed by atoms with Crippen LogP contribution in [0.3, 0.4) is 0 Å². The Kier molecular flexibility index (Phi) is 6.97. The van der Waals surface area contributed by atoms with Crippen molar-refractivity contribution >= 4 is 23.6 Å². The molecule has 7 heteroatoms. The Labute approximate surface area is 183 Å². The van der Waals surface area contributed by atoms with E-state index in [1.54, 1.807) is 0 Å². The lowest BCUT2D eigenvalue weighted by Gasteiger charge is -2.30. The van der Waals surface area contributed by atoms with Crippen molar-refractivity contribution in [1.82, 2.24) is 20.1 Å². The van der Waals surface area contributed by atoms with Gasteiger partial charge in [0.2, 0.25) is 11.9 Å². The molecule has 3 atom stereocenters. The summed E-state index contributed by atoms with van der Waals surface area (Å²) in [7, 11) is 0. The first-order valence-corrected chi connectivity index (χ1v) is 12.2. The number of hydrogen-bond donors (Lipinski definition) is 1. The number of nitrogens with zero attached hydrogens (tertiary/aromatic N) is 4. The highest BCUT2D eigenvalue weighted by Gasteiger charge is 2.28. The first kappa shape index (κ1) is 21.2. The zero-order valence-corrected chi connectivity index (χ0v) is 18.9. The molecular formula is C23H33N5OS. The molecule has 162 valence electrons. The average Bonchev–Trinajstić information content (AvgIpc) is 3.20. The molecule has 2 aromatic rings. The first-order valence-electron chi connectivity index (χ1n) is 11.4. The summed E-state index contributed by atoms with van der Waals surface area (Å²) in [6.07, 6.45) is 8.41. The van der Waals surface area contributed by atoms with Gasteiger partial charge in [-0.25, -0.2) is 0 Å². The highest BCUT2D eigenvalue weighted by atomic mass is 32.2. The Morgan fingerprint density at radius 1 is 1.07 bits per heavy atom. The van der Waals surface area contributed by atoms with Crippen LogP contribution in [-0.2, 0) is 4.79 Å². The van der Waals surface area contributed by atoms with Crippen LogP contribution in [-0.4, -0.2) is 45.1 Å². The highest BCUT2D eigenvalue weighted by molar-refractivity contribution is 8.00. The van der Waals surface area contributed by atoms with Gasteiger partial charge < -0.3 is 10.2 Å². The molecule has 2 fully saturated rings. The van der Waals surface area contributed by atoms with Crippen molar-refractivity contribution in [3.8, 4) is 5.69 Å². The van der Waals surface area contributed by atoms with Gasteiger partial charge in [0, 0.05) is 19.1 Å². The number of nitrogens with one attached hydrogen (secondary N) is 1. The smallest absolute Gasteiger partial charge is 0.233 e. The van der Waals surface area contributed by atoms with Crippen LogP contribution in [0.15, 0.2) is 35.5 Å². The van der Waals surface area contributed by atoms with Gasteiger partial charge in [-0.1, -0.05) is 49.7 Å². The zero-order valence-electron chi connectivity index (χ0n) is 18.1. The lowest BCUT2D eigenvalue weighted by Crippen LogP contribution is -2.44. The maximum absolute atomic E-state index is 12.9. The van der Waals surface area contributed by atoms with Crippen LogP contribution < -0.4 is 10.2 Å². The summed E-state index contributed by atoms with van der Waals surface area (Å²) >= 11 is 1.50. The molecule has 1 aliphatic heterocycles. The Hall–Kier alpha value is -2.02. The minimum atomic E-state index is -0.222. The molecule has 30 heavy (non-hydrogen) atoms. The number of amides is 1. The van der Waals surface area contributed by atoms with E-state index in [0.717, 1.165) is 36.3 Å². The maximum atomic E-state index is 12.9. The molecule has 1 aromatic carbocycles. The standard InChI is InChI=1S/C23H33N5OS/c1-17-11-7-8-14-20(17)24-21(29)18(2)30-23-26-25-22(27-15-9-4-10-16-27)28(23)19-12-5-3-6-13-19/h3,5-6,12-13,17-18,20H,4,7-11,14-16H2,1-2H3,(H,24,29)/t17-,18+,20-/m0/s1. The Bertz CT molecular complexity index is 833. The van der Waals surface area contributed by atoms with Crippen molar-refractivity contribution in [3.63, 3.8) is 0 Å². The molecule has 0 spiro atoms. The van der Waals surface area contributed by atoms with Gasteiger partial charge in [-0.3, -0.25) is 9.36 Å². The number of hydrogen-bond acceptors (Lipinski definition) is 5. The summed E-state index contributed by atoms with van der Waals surface area (Å²) in [6, 6.07) is 10.5. The fourth-order valence-corrected chi connectivity index (χ4v) is 5.35. The van der Waals surface area contributed by atoms with Crippen LogP contribution in [0, 0.1) is 5.92 Å². The van der Waals surface area contributed by atoms with Crippen molar-refractivity contribution in [2.24, 2.45) is 5.92 Å². The number of aromatic nitrogens is 3. The van der Waals surface area contributed by atoms with E-state index < -0.39 is 0 Å². The van der Waals surface area contributed by atoms with Gasteiger partial charge in [0.1, 0.15) is 0 Å². The molecule has 1 N–H and O–H groups in total. The summed E-state index contributed by atoms with van der Waals surface area (Å²) in [4.78, 5) is 15.2. The molecule has 0 radical (unpaired) electrons. The summed E-state index contributed by atoms with van der Waals surface area (Å²) in [6.45, 7) is 6.23. The summed E-state index contributed by atoms with van der Waals surface area (Å²) in [5.74, 6) is 1.54. The molecule has 1 saturated heterocycles. The SMILES string of the molecule is C[C@@H](Sc1nnc(N2CCCCC2)n1-c1ccccc1)C(=O)N[C@H]1CCCC[C@@H]1C. The van der Waals surface area contributed by atoms with Gasteiger partial charge in [-0.2, -0.15) is 0 Å². The number of benzene rings is 1.